The van der Waals surface area contributed by atoms with Gasteiger partial charge in [-0.3, -0.25) is 9.69 Å². The molecule has 0 aliphatic carbocycles. The van der Waals surface area contributed by atoms with Crippen molar-refractivity contribution in [1.82, 2.24) is 29.3 Å². The number of aromatic nitrogens is 4. The van der Waals surface area contributed by atoms with Crippen molar-refractivity contribution in [1.29, 1.82) is 0 Å². The Labute approximate surface area is 258 Å². The van der Waals surface area contributed by atoms with Crippen LogP contribution >= 0.6 is 0 Å². The molecule has 4 aromatic rings. The molecule has 11 nitrogen and oxygen atoms in total. The van der Waals surface area contributed by atoms with Crippen molar-refractivity contribution in [3.05, 3.63) is 66.5 Å². The minimum atomic E-state index is 0.230. The number of amides is 1. The number of carbonyl (C=O) groups excluding carboxylic acids is 1. The maximum absolute atomic E-state index is 12.2. The van der Waals surface area contributed by atoms with Gasteiger partial charge < -0.3 is 29.7 Å². The topological polar surface area (TPSA) is 104 Å². The quantitative estimate of drug-likeness (QED) is 0.280. The summed E-state index contributed by atoms with van der Waals surface area (Å²) in [4.78, 5) is 33.6. The molecule has 0 unspecified atom stereocenters. The van der Waals surface area contributed by atoms with Gasteiger partial charge in [-0.25, -0.2) is 4.98 Å². The average Bonchev–Trinajstić information content (AvgIpc) is 3.67. The van der Waals surface area contributed by atoms with E-state index in [9.17, 15) is 4.79 Å². The minimum absolute atomic E-state index is 0.230. The molecule has 0 spiro atoms. The van der Waals surface area contributed by atoms with Crippen LogP contribution in [0.4, 0.5) is 23.1 Å². The predicted molar refractivity (Wildman–Crippen MR) is 172 cm³/mol. The van der Waals surface area contributed by atoms with Crippen molar-refractivity contribution in [2.75, 3.05) is 68.0 Å². The van der Waals surface area contributed by atoms with Crippen LogP contribution in [0.5, 0.6) is 0 Å². The number of piperidine rings is 1. The molecular weight excluding hydrogens is 554 g/mol. The summed E-state index contributed by atoms with van der Waals surface area (Å²) in [5.41, 5.74) is 4.97. The van der Waals surface area contributed by atoms with E-state index < -0.39 is 0 Å². The normalized spacial score (nSPS) is 18.3. The third-order valence-electron chi connectivity index (χ3n) is 8.92. The zero-order chi connectivity index (χ0) is 29.7. The fraction of sp³-hybridized carbons (Fsp3) is 0.455. The first-order valence-electron chi connectivity index (χ1n) is 15.9. The Kier molecular flexibility index (Phi) is 8.56. The molecule has 2 aromatic heterocycles. The molecule has 3 aliphatic rings. The third-order valence-corrected chi connectivity index (χ3v) is 8.92. The largest absolute Gasteiger partial charge is 0.378 e. The van der Waals surface area contributed by atoms with Crippen molar-refractivity contribution >= 4 is 40.2 Å². The summed E-state index contributed by atoms with van der Waals surface area (Å²) < 4.78 is 7.55. The van der Waals surface area contributed by atoms with Crippen LogP contribution in [0.2, 0.25) is 0 Å². The maximum atomic E-state index is 12.2. The number of morpholine rings is 1. The molecule has 0 bridgehead atoms. The molecular formula is C33H41N9O2. The average molecular weight is 596 g/mol. The Morgan fingerprint density at radius 1 is 0.886 bits per heavy atom. The standard InChI is InChI=1S/C33H41N9O2/c43-29-7-4-14-41(29)17-18-42-24-34-30-31(35-26-8-10-28(11-9-26)40-19-21-44-22-20-40)37-33(38-32(30)42)36-27-12-15-39(16-13-27)23-25-5-2-1-3-6-25/h1-3,5-6,8-11,24,27H,4,7,12-23H2,(H2,35,36,37,38). The van der Waals surface area contributed by atoms with Gasteiger partial charge in [0.05, 0.1) is 19.5 Å². The molecule has 1 amide bonds. The van der Waals surface area contributed by atoms with Gasteiger partial charge in [-0.15, -0.1) is 0 Å². The number of imidazole rings is 1. The zero-order valence-corrected chi connectivity index (χ0v) is 25.2. The summed E-state index contributed by atoms with van der Waals surface area (Å²) in [6, 6.07) is 19.4. The summed E-state index contributed by atoms with van der Waals surface area (Å²) in [5.74, 6) is 1.51. The first kappa shape index (κ1) is 28.5. The number of nitrogens with zero attached hydrogens (tertiary/aromatic N) is 7. The summed E-state index contributed by atoms with van der Waals surface area (Å²) in [6.45, 7) is 8.47. The Morgan fingerprint density at radius 3 is 2.43 bits per heavy atom. The van der Waals surface area contributed by atoms with Crippen LogP contribution in [0.1, 0.15) is 31.2 Å². The van der Waals surface area contributed by atoms with Crippen LogP contribution in [-0.4, -0.2) is 93.8 Å². The number of hydrogen-bond acceptors (Lipinski definition) is 9. The van der Waals surface area contributed by atoms with Gasteiger partial charge in [0.15, 0.2) is 17.0 Å². The van der Waals surface area contributed by atoms with Gasteiger partial charge in [0, 0.05) is 76.2 Å². The van der Waals surface area contributed by atoms with Crippen molar-refractivity contribution in [3.8, 4) is 0 Å². The molecule has 3 aliphatic heterocycles. The summed E-state index contributed by atoms with van der Waals surface area (Å²) in [7, 11) is 0. The van der Waals surface area contributed by atoms with Crippen molar-refractivity contribution < 1.29 is 9.53 Å². The van der Waals surface area contributed by atoms with Crippen molar-refractivity contribution in [3.63, 3.8) is 0 Å². The van der Waals surface area contributed by atoms with Gasteiger partial charge in [-0.1, -0.05) is 30.3 Å². The summed E-state index contributed by atoms with van der Waals surface area (Å²) in [5, 5.41) is 7.17. The molecule has 3 fully saturated rings. The predicted octanol–water partition coefficient (Wildman–Crippen LogP) is 4.11. The van der Waals surface area contributed by atoms with Crippen LogP contribution in [-0.2, 0) is 22.6 Å². The second kappa shape index (κ2) is 13.2. The van der Waals surface area contributed by atoms with E-state index in [4.69, 9.17) is 19.7 Å². The van der Waals surface area contributed by atoms with Crippen molar-refractivity contribution in [2.24, 2.45) is 0 Å². The fourth-order valence-corrected chi connectivity index (χ4v) is 6.40. The second-order valence-corrected chi connectivity index (χ2v) is 11.9. The van der Waals surface area contributed by atoms with Gasteiger partial charge in [-0.05, 0) is 49.1 Å². The number of carbonyl (C=O) groups is 1. The monoisotopic (exact) mass is 595 g/mol. The first-order chi connectivity index (χ1) is 21.7. The van der Waals surface area contributed by atoms with E-state index >= 15 is 0 Å². The second-order valence-electron chi connectivity index (χ2n) is 11.9. The number of nitrogens with one attached hydrogen (secondary N) is 2. The van der Waals surface area contributed by atoms with Gasteiger partial charge in [0.25, 0.3) is 0 Å². The zero-order valence-electron chi connectivity index (χ0n) is 25.2. The maximum Gasteiger partial charge on any atom is 0.227 e. The lowest BCUT2D eigenvalue weighted by molar-refractivity contribution is -0.127. The highest BCUT2D eigenvalue weighted by Gasteiger charge is 2.23. The lowest BCUT2D eigenvalue weighted by Gasteiger charge is -2.32. The number of rotatable bonds is 10. The summed E-state index contributed by atoms with van der Waals surface area (Å²) in [6.07, 6.45) is 5.44. The Bertz CT molecular complexity index is 1550. The Hall–Kier alpha value is -4.22. The highest BCUT2D eigenvalue weighted by molar-refractivity contribution is 5.86. The van der Waals surface area contributed by atoms with E-state index in [0.29, 0.717) is 37.3 Å². The van der Waals surface area contributed by atoms with E-state index in [2.05, 4.69) is 75.0 Å². The number of likely N-dealkylation sites (tertiary alicyclic amines) is 2. The van der Waals surface area contributed by atoms with Crippen LogP contribution in [0.3, 0.4) is 0 Å². The highest BCUT2D eigenvalue weighted by Crippen LogP contribution is 2.27. The van der Waals surface area contributed by atoms with Gasteiger partial charge >= 0.3 is 0 Å². The fourth-order valence-electron chi connectivity index (χ4n) is 6.40. The number of hydrogen-bond donors (Lipinski definition) is 2. The summed E-state index contributed by atoms with van der Waals surface area (Å²) >= 11 is 0. The number of fused-ring (bicyclic) bond motifs is 1. The lowest BCUT2D eigenvalue weighted by Crippen LogP contribution is -2.39. The number of anilines is 4. The molecule has 2 aromatic carbocycles. The highest BCUT2D eigenvalue weighted by atomic mass is 16.5. The minimum Gasteiger partial charge on any atom is -0.378 e. The molecule has 44 heavy (non-hydrogen) atoms. The molecule has 0 radical (unpaired) electrons. The Morgan fingerprint density at radius 2 is 1.68 bits per heavy atom. The van der Waals surface area contributed by atoms with Gasteiger partial charge in [0.1, 0.15) is 0 Å². The van der Waals surface area contributed by atoms with E-state index in [1.165, 1.54) is 11.3 Å². The molecule has 11 heteroatoms. The van der Waals surface area contributed by atoms with Gasteiger partial charge in [0.2, 0.25) is 11.9 Å². The van der Waals surface area contributed by atoms with E-state index in [0.717, 1.165) is 88.6 Å². The van der Waals surface area contributed by atoms with Crippen molar-refractivity contribution in [2.45, 2.75) is 44.8 Å². The Balaban J connectivity index is 1.08. The molecule has 3 saturated heterocycles. The molecule has 2 N–H and O–H groups in total. The van der Waals surface area contributed by atoms with Gasteiger partial charge in [-0.2, -0.15) is 9.97 Å². The molecule has 7 rings (SSSR count). The molecule has 0 saturated carbocycles. The van der Waals surface area contributed by atoms with E-state index in [-0.39, 0.29) is 5.91 Å². The molecule has 0 atom stereocenters. The lowest BCUT2D eigenvalue weighted by atomic mass is 10.0. The first-order valence-corrected chi connectivity index (χ1v) is 15.9. The van der Waals surface area contributed by atoms with Crippen LogP contribution in [0.25, 0.3) is 11.2 Å². The van der Waals surface area contributed by atoms with Crippen LogP contribution in [0.15, 0.2) is 60.9 Å². The SMILES string of the molecule is O=C1CCCN1CCn1cnc2c(Nc3ccc(N4CCOCC4)cc3)nc(NC3CCN(Cc4ccccc4)CC3)nc21. The molecule has 230 valence electrons. The van der Waals surface area contributed by atoms with E-state index in [1.807, 2.05) is 15.8 Å². The molecule has 5 heterocycles. The smallest absolute Gasteiger partial charge is 0.227 e. The van der Waals surface area contributed by atoms with E-state index in [1.54, 1.807) is 0 Å². The van der Waals surface area contributed by atoms with Crippen LogP contribution < -0.4 is 15.5 Å². The van der Waals surface area contributed by atoms with Crippen LogP contribution in [0, 0.1) is 0 Å². The third kappa shape index (κ3) is 6.63. The number of ether oxygens (including phenoxy) is 1. The number of benzene rings is 2.